The van der Waals surface area contributed by atoms with Gasteiger partial charge in [-0.3, -0.25) is 4.98 Å². The molecule has 1 rings (SSSR count). The molecule has 0 fully saturated rings. The van der Waals surface area contributed by atoms with Crippen LogP contribution in [0.1, 0.15) is 20.3 Å². The first kappa shape index (κ1) is 12.6. The molecule has 1 atom stereocenters. The van der Waals surface area contributed by atoms with Crippen LogP contribution in [0.2, 0.25) is 0 Å². The number of hydrogen-bond donors (Lipinski definition) is 1. The fourth-order valence-electron chi connectivity index (χ4n) is 0.956. The van der Waals surface area contributed by atoms with Crippen molar-refractivity contribution >= 4 is 26.0 Å². The van der Waals surface area contributed by atoms with Crippen molar-refractivity contribution in [2.45, 2.75) is 31.2 Å². The summed E-state index contributed by atoms with van der Waals surface area (Å²) >= 11 is 3.18. The summed E-state index contributed by atoms with van der Waals surface area (Å²) in [4.78, 5) is 4.00. The molecular weight excluding hydrogens is 280 g/mol. The highest BCUT2D eigenvalue weighted by molar-refractivity contribution is 9.10. The number of hydrogen-bond acceptors (Lipinski definition) is 3. The van der Waals surface area contributed by atoms with Crippen molar-refractivity contribution in [3.63, 3.8) is 0 Å². The minimum Gasteiger partial charge on any atom is -0.262 e. The fourth-order valence-corrected chi connectivity index (χ4v) is 2.79. The first-order valence-corrected chi connectivity index (χ1v) is 6.86. The van der Waals surface area contributed by atoms with Gasteiger partial charge in [0.1, 0.15) is 4.90 Å². The van der Waals surface area contributed by atoms with Crippen LogP contribution in [-0.4, -0.2) is 19.4 Å². The maximum atomic E-state index is 11.8. The Bertz CT molecular complexity index is 433. The summed E-state index contributed by atoms with van der Waals surface area (Å²) < 4.78 is 26.8. The van der Waals surface area contributed by atoms with Gasteiger partial charge in [0.15, 0.2) is 0 Å². The molecule has 1 N–H and O–H groups in total. The molecule has 0 saturated heterocycles. The van der Waals surface area contributed by atoms with E-state index in [9.17, 15) is 8.42 Å². The average Bonchev–Trinajstić information content (AvgIpc) is 2.17. The fraction of sp³-hybridized carbons (Fsp3) is 0.444. The van der Waals surface area contributed by atoms with Crippen LogP contribution in [0.25, 0.3) is 0 Å². The molecule has 6 heteroatoms. The molecule has 1 aromatic rings. The molecule has 0 spiro atoms. The summed E-state index contributed by atoms with van der Waals surface area (Å²) in [6.45, 7) is 3.75. The van der Waals surface area contributed by atoms with Crippen molar-refractivity contribution in [1.29, 1.82) is 0 Å². The zero-order valence-corrected chi connectivity index (χ0v) is 11.0. The monoisotopic (exact) mass is 292 g/mol. The van der Waals surface area contributed by atoms with Gasteiger partial charge >= 0.3 is 0 Å². The molecule has 84 valence electrons. The minimum atomic E-state index is -3.44. The van der Waals surface area contributed by atoms with Gasteiger partial charge in [-0.05, 0) is 35.3 Å². The van der Waals surface area contributed by atoms with Gasteiger partial charge in [-0.25, -0.2) is 13.1 Å². The Kier molecular flexibility index (Phi) is 4.24. The molecule has 1 unspecified atom stereocenters. The Labute approximate surface area is 98.3 Å². The van der Waals surface area contributed by atoms with Gasteiger partial charge in [-0.1, -0.05) is 6.92 Å². The molecule has 0 saturated carbocycles. The Balaban J connectivity index is 2.96. The van der Waals surface area contributed by atoms with E-state index >= 15 is 0 Å². The van der Waals surface area contributed by atoms with Crippen LogP contribution < -0.4 is 4.72 Å². The lowest BCUT2D eigenvalue weighted by atomic mass is 10.3. The normalized spacial score (nSPS) is 13.8. The predicted molar refractivity (Wildman–Crippen MR) is 62.0 cm³/mol. The van der Waals surface area contributed by atoms with Gasteiger partial charge in [0.2, 0.25) is 10.0 Å². The van der Waals surface area contributed by atoms with Gasteiger partial charge < -0.3 is 0 Å². The number of aromatic nitrogens is 1. The van der Waals surface area contributed by atoms with E-state index in [4.69, 9.17) is 0 Å². The second-order valence-corrected chi connectivity index (χ2v) is 5.90. The Morgan fingerprint density at radius 1 is 1.53 bits per heavy atom. The molecule has 0 aliphatic carbocycles. The predicted octanol–water partition coefficient (Wildman–Crippen LogP) is 1.92. The first-order valence-electron chi connectivity index (χ1n) is 4.58. The quantitative estimate of drug-likeness (QED) is 0.922. The highest BCUT2D eigenvalue weighted by atomic mass is 79.9. The lowest BCUT2D eigenvalue weighted by Crippen LogP contribution is -2.32. The van der Waals surface area contributed by atoms with E-state index in [-0.39, 0.29) is 10.9 Å². The Hall–Kier alpha value is -0.460. The summed E-state index contributed by atoms with van der Waals surface area (Å²) in [6.07, 6.45) is 3.62. The smallest absolute Gasteiger partial charge is 0.242 e. The van der Waals surface area contributed by atoms with Crippen molar-refractivity contribution < 1.29 is 8.42 Å². The van der Waals surface area contributed by atoms with E-state index in [0.29, 0.717) is 4.47 Å². The van der Waals surface area contributed by atoms with E-state index in [0.717, 1.165) is 6.42 Å². The van der Waals surface area contributed by atoms with Crippen LogP contribution >= 0.6 is 15.9 Å². The van der Waals surface area contributed by atoms with Gasteiger partial charge in [0.25, 0.3) is 0 Å². The third-order valence-corrected chi connectivity index (χ3v) is 3.95. The van der Waals surface area contributed by atoms with Gasteiger partial charge in [0, 0.05) is 22.9 Å². The zero-order chi connectivity index (χ0) is 11.5. The molecule has 0 aliphatic rings. The maximum absolute atomic E-state index is 11.8. The summed E-state index contributed by atoms with van der Waals surface area (Å²) in [5, 5.41) is 0. The van der Waals surface area contributed by atoms with Crippen molar-refractivity contribution in [2.75, 3.05) is 0 Å². The van der Waals surface area contributed by atoms with Crippen LogP contribution in [0.5, 0.6) is 0 Å². The summed E-state index contributed by atoms with van der Waals surface area (Å²) in [5.74, 6) is 0. The second-order valence-electron chi connectivity index (χ2n) is 3.27. The van der Waals surface area contributed by atoms with Gasteiger partial charge in [0.05, 0.1) is 0 Å². The van der Waals surface area contributed by atoms with Crippen molar-refractivity contribution in [2.24, 2.45) is 0 Å². The van der Waals surface area contributed by atoms with Gasteiger partial charge in [-0.15, -0.1) is 0 Å². The SMILES string of the molecule is CCC(C)NS(=O)(=O)c1cncc(Br)c1. The molecule has 0 radical (unpaired) electrons. The molecular formula is C9H13BrN2O2S. The maximum Gasteiger partial charge on any atom is 0.242 e. The number of rotatable bonds is 4. The zero-order valence-electron chi connectivity index (χ0n) is 8.57. The number of sulfonamides is 1. The molecule has 0 bridgehead atoms. The highest BCUT2D eigenvalue weighted by Gasteiger charge is 2.16. The standard InChI is InChI=1S/C9H13BrN2O2S/c1-3-7(2)12-15(13,14)9-4-8(10)5-11-6-9/h4-7,12H,3H2,1-2H3. The Morgan fingerprint density at radius 3 is 2.73 bits per heavy atom. The molecule has 15 heavy (non-hydrogen) atoms. The van der Waals surface area contributed by atoms with Crippen LogP contribution in [0.4, 0.5) is 0 Å². The van der Waals surface area contributed by atoms with Crippen LogP contribution in [-0.2, 0) is 10.0 Å². The minimum absolute atomic E-state index is 0.0750. The average molecular weight is 293 g/mol. The van der Waals surface area contributed by atoms with E-state index in [2.05, 4.69) is 25.6 Å². The summed E-state index contributed by atoms with van der Waals surface area (Å²) in [6, 6.07) is 1.45. The Morgan fingerprint density at radius 2 is 2.20 bits per heavy atom. The van der Waals surface area contributed by atoms with Gasteiger partial charge in [-0.2, -0.15) is 0 Å². The molecule has 1 aromatic heterocycles. The lowest BCUT2D eigenvalue weighted by molar-refractivity contribution is 0.555. The van der Waals surface area contributed by atoms with E-state index in [1.54, 1.807) is 6.20 Å². The number of halogens is 1. The molecule has 0 aromatic carbocycles. The largest absolute Gasteiger partial charge is 0.262 e. The second kappa shape index (κ2) is 5.05. The van der Waals surface area contributed by atoms with Crippen molar-refractivity contribution in [3.05, 3.63) is 22.9 Å². The number of nitrogens with one attached hydrogen (secondary N) is 1. The summed E-state index contributed by atoms with van der Waals surface area (Å²) in [7, 11) is -3.44. The van der Waals surface area contributed by atoms with E-state index in [1.165, 1.54) is 12.3 Å². The van der Waals surface area contributed by atoms with E-state index in [1.807, 2.05) is 13.8 Å². The summed E-state index contributed by atoms with van der Waals surface area (Å²) in [5.41, 5.74) is 0. The number of nitrogens with zero attached hydrogens (tertiary/aromatic N) is 1. The van der Waals surface area contributed by atoms with E-state index < -0.39 is 10.0 Å². The third-order valence-electron chi connectivity index (χ3n) is 1.96. The molecule has 0 amide bonds. The van der Waals surface area contributed by atoms with Crippen LogP contribution in [0.3, 0.4) is 0 Å². The van der Waals surface area contributed by atoms with Crippen molar-refractivity contribution in [3.8, 4) is 0 Å². The molecule has 1 heterocycles. The third kappa shape index (κ3) is 3.55. The molecule has 4 nitrogen and oxygen atoms in total. The highest BCUT2D eigenvalue weighted by Crippen LogP contribution is 2.14. The number of pyridine rings is 1. The van der Waals surface area contributed by atoms with Crippen molar-refractivity contribution in [1.82, 2.24) is 9.71 Å². The lowest BCUT2D eigenvalue weighted by Gasteiger charge is -2.11. The molecule has 0 aliphatic heterocycles. The van der Waals surface area contributed by atoms with Crippen LogP contribution in [0, 0.1) is 0 Å². The topological polar surface area (TPSA) is 59.1 Å². The van der Waals surface area contributed by atoms with Crippen LogP contribution in [0.15, 0.2) is 27.8 Å². The first-order chi connectivity index (χ1) is 6.95.